The van der Waals surface area contributed by atoms with Gasteiger partial charge in [0.25, 0.3) is 7.41 Å². The van der Waals surface area contributed by atoms with Crippen molar-refractivity contribution in [2.75, 3.05) is 13.1 Å². The van der Waals surface area contributed by atoms with Gasteiger partial charge in [0.1, 0.15) is 5.82 Å². The molecule has 2 heterocycles. The van der Waals surface area contributed by atoms with Gasteiger partial charge >= 0.3 is 6.18 Å². The van der Waals surface area contributed by atoms with E-state index in [-0.39, 0.29) is 25.0 Å². The Morgan fingerprint density at radius 1 is 1.11 bits per heavy atom. The monoisotopic (exact) mass is 521 g/mol. The van der Waals surface area contributed by atoms with Gasteiger partial charge in [-0.05, 0) is 66.9 Å². The number of halogens is 3. The quantitative estimate of drug-likeness (QED) is 0.323. The van der Waals surface area contributed by atoms with Crippen molar-refractivity contribution in [2.45, 2.75) is 50.6 Å². The van der Waals surface area contributed by atoms with Gasteiger partial charge in [-0.15, -0.1) is 0 Å². The second kappa shape index (κ2) is 12.3. The molecule has 1 aromatic heterocycles. The fourth-order valence-electron chi connectivity index (χ4n) is 4.98. The predicted molar refractivity (Wildman–Crippen MR) is 139 cm³/mol. The van der Waals surface area contributed by atoms with Crippen LogP contribution in [0.25, 0.3) is 0 Å². The molecular weight excluding hydrogens is 492 g/mol. The molecule has 3 aromatic rings. The second-order valence-electron chi connectivity index (χ2n) is 9.59. The Morgan fingerprint density at radius 3 is 2.53 bits per heavy atom. The van der Waals surface area contributed by atoms with Gasteiger partial charge < -0.3 is 15.3 Å². The van der Waals surface area contributed by atoms with Crippen LogP contribution in [0.5, 0.6) is 0 Å². The molecule has 0 spiro atoms. The maximum Gasteiger partial charge on any atom is 0.419 e. The summed E-state index contributed by atoms with van der Waals surface area (Å²) in [5.74, 6) is 0.139. The highest BCUT2D eigenvalue weighted by Crippen LogP contribution is 2.32. The van der Waals surface area contributed by atoms with Gasteiger partial charge in [-0.3, -0.25) is 4.79 Å². The number of hydrogen-bond donors (Lipinski definition) is 1. The van der Waals surface area contributed by atoms with Crippen LogP contribution in [0.2, 0.25) is 0 Å². The minimum Gasteiger partial charge on any atom is -0.369 e. The molecule has 1 atom stereocenters. The standard InChI is InChI=1S/C28H29BF3N4O2/c30-28(31,32)24-16-34-27(35-25(24)12-11-20-4-1-2-5-22(20)15-26(33)38)14-19-7-9-21(10-8-19)23-6-3-13-36(17-23)29-18-37/h1-2,4-5,7-10,16,18,23H,3,6,11-15,17H2,(H2,33,38). The molecule has 2 aromatic carbocycles. The van der Waals surface area contributed by atoms with Crippen molar-refractivity contribution < 1.29 is 22.8 Å². The number of carbonyl (C=O) groups is 2. The molecule has 2 N–H and O–H groups in total. The normalized spacial score (nSPS) is 16.2. The van der Waals surface area contributed by atoms with E-state index >= 15 is 0 Å². The van der Waals surface area contributed by atoms with E-state index in [0.29, 0.717) is 23.7 Å². The van der Waals surface area contributed by atoms with Gasteiger partial charge in [-0.2, -0.15) is 13.2 Å². The van der Waals surface area contributed by atoms with Gasteiger partial charge in [0.05, 0.1) is 23.9 Å². The Hall–Kier alpha value is -3.53. The molecule has 0 bridgehead atoms. The lowest BCUT2D eigenvalue weighted by molar-refractivity contribution is -0.138. The van der Waals surface area contributed by atoms with E-state index in [1.165, 1.54) is 5.56 Å². The first-order valence-corrected chi connectivity index (χ1v) is 12.6. The first kappa shape index (κ1) is 27.5. The summed E-state index contributed by atoms with van der Waals surface area (Å²) in [5.41, 5.74) is 7.94. The lowest BCUT2D eigenvalue weighted by atomic mass is 9.84. The summed E-state index contributed by atoms with van der Waals surface area (Å²) in [4.78, 5) is 32.6. The summed E-state index contributed by atoms with van der Waals surface area (Å²) in [7, 11) is 1.58. The topological polar surface area (TPSA) is 89.2 Å². The van der Waals surface area contributed by atoms with Crippen LogP contribution in [0.1, 0.15) is 58.1 Å². The zero-order valence-electron chi connectivity index (χ0n) is 21.0. The molecule has 1 fully saturated rings. The van der Waals surface area contributed by atoms with Crippen LogP contribution in [0, 0.1) is 0 Å². The molecule has 1 radical (unpaired) electrons. The van der Waals surface area contributed by atoms with Crippen LogP contribution in [-0.4, -0.2) is 47.4 Å². The summed E-state index contributed by atoms with van der Waals surface area (Å²) in [6.07, 6.45) is -0.182. The number of carbonyl (C=O) groups excluding carboxylic acids is 2. The zero-order chi connectivity index (χ0) is 27.1. The molecular formula is C28H29BF3N4O2. The van der Waals surface area contributed by atoms with Gasteiger partial charge in [-0.1, -0.05) is 48.5 Å². The maximum absolute atomic E-state index is 13.7. The zero-order valence-corrected chi connectivity index (χ0v) is 21.0. The fraction of sp³-hybridized carbons (Fsp3) is 0.357. The third-order valence-corrected chi connectivity index (χ3v) is 6.88. The largest absolute Gasteiger partial charge is 0.419 e. The van der Waals surface area contributed by atoms with Gasteiger partial charge in [-0.25, -0.2) is 9.97 Å². The van der Waals surface area contributed by atoms with E-state index in [1.807, 2.05) is 29.1 Å². The second-order valence-corrected chi connectivity index (χ2v) is 9.59. The summed E-state index contributed by atoms with van der Waals surface area (Å²) in [6, 6.07) is 15.1. The molecule has 10 heteroatoms. The minimum atomic E-state index is -4.57. The van der Waals surface area contributed by atoms with Crippen molar-refractivity contribution in [1.82, 2.24) is 14.8 Å². The number of primary amides is 1. The van der Waals surface area contributed by atoms with Crippen LogP contribution in [0.15, 0.2) is 54.7 Å². The van der Waals surface area contributed by atoms with Crippen molar-refractivity contribution in [3.05, 3.63) is 94.1 Å². The van der Waals surface area contributed by atoms with Crippen LogP contribution in [0.4, 0.5) is 13.2 Å². The molecule has 1 amide bonds. The highest BCUT2D eigenvalue weighted by atomic mass is 19.4. The van der Waals surface area contributed by atoms with Gasteiger partial charge in [0, 0.05) is 12.6 Å². The van der Waals surface area contributed by atoms with Gasteiger partial charge in [0.15, 0.2) is 0 Å². The Labute approximate surface area is 220 Å². The average molecular weight is 521 g/mol. The van der Waals surface area contributed by atoms with Crippen LogP contribution < -0.4 is 5.73 Å². The van der Waals surface area contributed by atoms with E-state index in [9.17, 15) is 22.8 Å². The van der Waals surface area contributed by atoms with E-state index in [2.05, 4.69) is 9.97 Å². The molecule has 4 rings (SSSR count). The van der Waals surface area contributed by atoms with Crippen molar-refractivity contribution in [3.63, 3.8) is 0 Å². The first-order valence-electron chi connectivity index (χ1n) is 12.6. The molecule has 38 heavy (non-hydrogen) atoms. The molecule has 6 nitrogen and oxygen atoms in total. The number of alkyl halides is 3. The number of aromatic nitrogens is 2. The number of hydrogen-bond acceptors (Lipinski definition) is 5. The number of nitrogens with zero attached hydrogens (tertiary/aromatic N) is 3. The first-order chi connectivity index (χ1) is 18.2. The Balaban J connectivity index is 1.49. The van der Waals surface area contributed by atoms with Crippen LogP contribution >= 0.6 is 0 Å². The molecule has 1 aliphatic heterocycles. The highest BCUT2D eigenvalue weighted by Gasteiger charge is 2.34. The van der Waals surface area contributed by atoms with Crippen LogP contribution in [-0.2, 0) is 41.4 Å². The van der Waals surface area contributed by atoms with E-state index in [4.69, 9.17) is 5.73 Å². The average Bonchev–Trinajstić information content (AvgIpc) is 2.88. The van der Waals surface area contributed by atoms with Crippen LogP contribution in [0.3, 0.4) is 0 Å². The Morgan fingerprint density at radius 2 is 1.84 bits per heavy atom. The van der Waals surface area contributed by atoms with E-state index in [0.717, 1.165) is 49.4 Å². The lowest BCUT2D eigenvalue weighted by Gasteiger charge is -2.31. The van der Waals surface area contributed by atoms with Crippen molar-refractivity contribution in [1.29, 1.82) is 0 Å². The van der Waals surface area contributed by atoms with E-state index in [1.54, 1.807) is 31.7 Å². The molecule has 1 saturated heterocycles. The SMILES string of the molecule is NC(=O)Cc1ccccc1CCc1nc(Cc2ccc(C3CCCN([B]C=O)C3)cc2)ncc1C(F)(F)F. The smallest absolute Gasteiger partial charge is 0.369 e. The summed E-state index contributed by atoms with van der Waals surface area (Å²) < 4.78 is 41.1. The summed E-state index contributed by atoms with van der Waals surface area (Å²) >= 11 is 0. The van der Waals surface area contributed by atoms with Gasteiger partial charge in [0.2, 0.25) is 5.91 Å². The lowest BCUT2D eigenvalue weighted by Crippen LogP contribution is -2.37. The van der Waals surface area contributed by atoms with Crippen molar-refractivity contribution in [3.8, 4) is 0 Å². The molecule has 0 saturated carbocycles. The number of amides is 1. The number of piperidine rings is 1. The molecule has 1 aliphatic rings. The summed E-state index contributed by atoms with van der Waals surface area (Å²) in [6.45, 7) is 1.66. The number of nitrogens with two attached hydrogens (primary N) is 1. The number of rotatable bonds is 10. The Kier molecular flexibility index (Phi) is 8.94. The third-order valence-electron chi connectivity index (χ3n) is 6.88. The van der Waals surface area contributed by atoms with Crippen molar-refractivity contribution >= 4 is 19.5 Å². The number of benzene rings is 2. The third kappa shape index (κ3) is 7.28. The molecule has 197 valence electrons. The minimum absolute atomic E-state index is 0.0293. The molecule has 1 unspecified atom stereocenters. The van der Waals surface area contributed by atoms with Crippen molar-refractivity contribution in [2.24, 2.45) is 5.73 Å². The van der Waals surface area contributed by atoms with E-state index < -0.39 is 17.6 Å². The summed E-state index contributed by atoms with van der Waals surface area (Å²) in [5, 5.41) is 0. The predicted octanol–water partition coefficient (Wildman–Crippen LogP) is 3.89. The highest BCUT2D eigenvalue weighted by molar-refractivity contribution is 6.64. The maximum atomic E-state index is 13.7. The fourth-order valence-corrected chi connectivity index (χ4v) is 4.98. The Bertz CT molecular complexity index is 1270. The molecule has 0 aliphatic carbocycles. The number of aryl methyl sites for hydroxylation is 2.